The van der Waals surface area contributed by atoms with Crippen molar-refractivity contribution in [2.75, 3.05) is 11.9 Å². The normalized spacial score (nSPS) is 11.3. The average molecular weight is 494 g/mol. The van der Waals surface area contributed by atoms with Crippen LogP contribution in [0, 0.1) is 13.8 Å². The number of amides is 1. The van der Waals surface area contributed by atoms with Crippen molar-refractivity contribution >= 4 is 27.4 Å². The van der Waals surface area contributed by atoms with E-state index in [4.69, 9.17) is 14.0 Å². The highest BCUT2D eigenvalue weighted by molar-refractivity contribution is 7.91. The highest BCUT2D eigenvalue weighted by atomic mass is 32.2. The Hall–Kier alpha value is -3.80. The number of benzene rings is 2. The Kier molecular flexibility index (Phi) is 7.61. The third kappa shape index (κ3) is 5.95. The van der Waals surface area contributed by atoms with Crippen molar-refractivity contribution in [2.45, 2.75) is 31.1 Å². The second kappa shape index (κ2) is 10.4. The first kappa shape index (κ1) is 24.8. The highest BCUT2D eigenvalue weighted by Gasteiger charge is 2.26. The van der Waals surface area contributed by atoms with E-state index in [-0.39, 0.29) is 17.9 Å². The van der Waals surface area contributed by atoms with Crippen LogP contribution in [0.2, 0.25) is 0 Å². The van der Waals surface area contributed by atoms with E-state index in [1.54, 1.807) is 26.0 Å². The molecule has 3 aromatic rings. The van der Waals surface area contributed by atoms with Crippen LogP contribution in [0.5, 0.6) is 5.75 Å². The Morgan fingerprint density at radius 2 is 1.71 bits per heavy atom. The second-order valence-corrected chi connectivity index (χ2v) is 8.99. The van der Waals surface area contributed by atoms with Crippen LogP contribution in [0.1, 0.15) is 27.4 Å². The standard InChI is InChI=1S/C22H20F2N2O7S/c1-13-19(14(2)33-26-13)11-31-17-7-3-15(4-8-17)21(28)32-12-20(27)25-16-5-9-18(10-6-16)34(29,30)22(23)24/h3-10,22H,11-12H2,1-2H3,(H,25,27). The van der Waals surface area contributed by atoms with Crippen molar-refractivity contribution in [1.29, 1.82) is 0 Å². The summed E-state index contributed by atoms with van der Waals surface area (Å²) in [6.07, 6.45) is 0. The fourth-order valence-corrected chi connectivity index (χ4v) is 3.51. The molecule has 180 valence electrons. The molecule has 0 bridgehead atoms. The third-order valence-electron chi connectivity index (χ3n) is 4.69. The lowest BCUT2D eigenvalue weighted by atomic mass is 10.2. The summed E-state index contributed by atoms with van der Waals surface area (Å²) in [4.78, 5) is 23.6. The van der Waals surface area contributed by atoms with Gasteiger partial charge in [-0.1, -0.05) is 5.16 Å². The minimum atomic E-state index is -4.73. The van der Waals surface area contributed by atoms with Crippen LogP contribution in [-0.4, -0.2) is 37.8 Å². The Labute approximate surface area is 193 Å². The van der Waals surface area contributed by atoms with Gasteiger partial charge in [0.15, 0.2) is 6.61 Å². The van der Waals surface area contributed by atoms with Gasteiger partial charge in [0.1, 0.15) is 18.1 Å². The Morgan fingerprint density at radius 1 is 1.06 bits per heavy atom. The number of aromatic nitrogens is 1. The summed E-state index contributed by atoms with van der Waals surface area (Å²) in [5.74, 6) is -3.82. The molecule has 3 rings (SSSR count). The largest absolute Gasteiger partial charge is 0.489 e. The maximum atomic E-state index is 12.6. The van der Waals surface area contributed by atoms with Crippen molar-refractivity contribution < 1.29 is 40.8 Å². The quantitative estimate of drug-likeness (QED) is 0.447. The molecule has 1 heterocycles. The number of alkyl halides is 2. The number of esters is 1. The lowest BCUT2D eigenvalue weighted by Gasteiger charge is -2.09. The molecule has 0 atom stereocenters. The summed E-state index contributed by atoms with van der Waals surface area (Å²) in [6, 6.07) is 10.3. The van der Waals surface area contributed by atoms with Gasteiger partial charge in [0, 0.05) is 5.69 Å². The second-order valence-electron chi connectivity index (χ2n) is 7.07. The van der Waals surface area contributed by atoms with Gasteiger partial charge < -0.3 is 19.3 Å². The van der Waals surface area contributed by atoms with Crippen LogP contribution in [-0.2, 0) is 26.0 Å². The first-order valence-corrected chi connectivity index (χ1v) is 11.4. The number of rotatable bonds is 9. The SMILES string of the molecule is Cc1noc(C)c1COc1ccc(C(=O)OCC(=O)Nc2ccc(S(=O)(=O)C(F)F)cc2)cc1. The maximum Gasteiger partial charge on any atom is 0.341 e. The smallest absolute Gasteiger partial charge is 0.341 e. The molecule has 0 saturated heterocycles. The van der Waals surface area contributed by atoms with Crippen LogP contribution in [0.4, 0.5) is 14.5 Å². The van der Waals surface area contributed by atoms with E-state index in [0.29, 0.717) is 11.5 Å². The molecular weight excluding hydrogens is 474 g/mol. The number of anilines is 1. The van der Waals surface area contributed by atoms with E-state index in [0.717, 1.165) is 35.5 Å². The molecule has 1 aromatic heterocycles. The first-order chi connectivity index (χ1) is 16.1. The number of nitrogens with zero attached hydrogens (tertiary/aromatic N) is 1. The van der Waals surface area contributed by atoms with E-state index in [1.807, 2.05) is 0 Å². The van der Waals surface area contributed by atoms with Crippen LogP contribution in [0.15, 0.2) is 57.9 Å². The molecule has 2 aromatic carbocycles. The van der Waals surface area contributed by atoms with Crippen molar-refractivity contribution in [3.63, 3.8) is 0 Å². The number of nitrogens with one attached hydrogen (secondary N) is 1. The summed E-state index contributed by atoms with van der Waals surface area (Å²) in [7, 11) is -4.73. The number of sulfone groups is 1. The topological polar surface area (TPSA) is 125 Å². The minimum absolute atomic E-state index is 0.147. The molecule has 1 amide bonds. The van der Waals surface area contributed by atoms with Gasteiger partial charge in [-0.15, -0.1) is 0 Å². The van der Waals surface area contributed by atoms with Crippen LogP contribution in [0.3, 0.4) is 0 Å². The van der Waals surface area contributed by atoms with Gasteiger partial charge in [-0.3, -0.25) is 4.79 Å². The predicted molar refractivity (Wildman–Crippen MR) is 115 cm³/mol. The van der Waals surface area contributed by atoms with Crippen molar-refractivity contribution in [3.05, 3.63) is 71.1 Å². The number of hydrogen-bond donors (Lipinski definition) is 1. The molecule has 0 aliphatic heterocycles. The molecule has 0 aliphatic carbocycles. The molecule has 0 unspecified atom stereocenters. The van der Waals surface area contributed by atoms with Gasteiger partial charge in [-0.2, -0.15) is 8.78 Å². The van der Waals surface area contributed by atoms with Crippen LogP contribution >= 0.6 is 0 Å². The van der Waals surface area contributed by atoms with Crippen molar-refractivity contribution in [3.8, 4) is 5.75 Å². The van der Waals surface area contributed by atoms with Gasteiger partial charge >= 0.3 is 11.7 Å². The van der Waals surface area contributed by atoms with Gasteiger partial charge in [0.2, 0.25) is 9.84 Å². The van der Waals surface area contributed by atoms with Crippen molar-refractivity contribution in [1.82, 2.24) is 5.16 Å². The Balaban J connectivity index is 1.49. The third-order valence-corrected chi connectivity index (χ3v) is 6.09. The molecule has 34 heavy (non-hydrogen) atoms. The molecule has 0 spiro atoms. The number of ether oxygens (including phenoxy) is 2. The molecule has 1 N–H and O–H groups in total. The van der Waals surface area contributed by atoms with Gasteiger partial charge in [0.05, 0.1) is 21.7 Å². The van der Waals surface area contributed by atoms with E-state index in [9.17, 15) is 26.8 Å². The lowest BCUT2D eigenvalue weighted by molar-refractivity contribution is -0.119. The van der Waals surface area contributed by atoms with E-state index >= 15 is 0 Å². The zero-order chi connectivity index (χ0) is 24.9. The number of aryl methyl sites for hydroxylation is 2. The molecule has 12 heteroatoms. The van der Waals surface area contributed by atoms with Gasteiger partial charge in [-0.05, 0) is 62.4 Å². The number of halogens is 2. The summed E-state index contributed by atoms with van der Waals surface area (Å²) >= 11 is 0. The van der Waals surface area contributed by atoms with Crippen LogP contribution < -0.4 is 10.1 Å². The highest BCUT2D eigenvalue weighted by Crippen LogP contribution is 2.21. The van der Waals surface area contributed by atoms with Crippen molar-refractivity contribution in [2.24, 2.45) is 0 Å². The predicted octanol–water partition coefficient (Wildman–Crippen LogP) is 3.66. The molecule has 0 radical (unpaired) electrons. The molecule has 9 nitrogen and oxygen atoms in total. The average Bonchev–Trinajstić information content (AvgIpc) is 3.13. The van der Waals surface area contributed by atoms with Gasteiger partial charge in [0.25, 0.3) is 5.91 Å². The first-order valence-electron chi connectivity index (χ1n) is 9.81. The Morgan fingerprint density at radius 3 is 2.26 bits per heavy atom. The summed E-state index contributed by atoms with van der Waals surface area (Å²) in [5, 5.41) is 6.22. The van der Waals surface area contributed by atoms with E-state index in [2.05, 4.69) is 10.5 Å². The summed E-state index contributed by atoms with van der Waals surface area (Å²) < 4.78 is 63.6. The number of carbonyl (C=O) groups excluding carboxylic acids is 2. The fourth-order valence-electron chi connectivity index (χ4n) is 2.79. The maximum absolute atomic E-state index is 12.6. The molecular formula is C22H20F2N2O7S. The van der Waals surface area contributed by atoms with Crippen LogP contribution in [0.25, 0.3) is 0 Å². The number of carbonyl (C=O) groups is 2. The minimum Gasteiger partial charge on any atom is -0.489 e. The fraction of sp³-hybridized carbons (Fsp3) is 0.227. The molecule has 0 saturated carbocycles. The molecule has 0 aliphatic rings. The zero-order valence-electron chi connectivity index (χ0n) is 18.1. The Bertz CT molecular complexity index is 1250. The van der Waals surface area contributed by atoms with E-state index in [1.165, 1.54) is 12.1 Å². The molecule has 0 fully saturated rings. The summed E-state index contributed by atoms with van der Waals surface area (Å²) in [6.45, 7) is 3.22. The van der Waals surface area contributed by atoms with Gasteiger partial charge in [-0.25, -0.2) is 13.2 Å². The zero-order valence-corrected chi connectivity index (χ0v) is 18.9. The van der Waals surface area contributed by atoms with E-state index < -0.39 is 39.0 Å². The lowest BCUT2D eigenvalue weighted by Crippen LogP contribution is -2.21. The summed E-state index contributed by atoms with van der Waals surface area (Å²) in [5.41, 5.74) is 1.90. The monoisotopic (exact) mass is 494 g/mol. The number of hydrogen-bond acceptors (Lipinski definition) is 8.